The summed E-state index contributed by atoms with van der Waals surface area (Å²) in [6, 6.07) is 7.42. The molecule has 0 saturated carbocycles. The molecule has 0 spiro atoms. The van der Waals surface area contributed by atoms with Crippen molar-refractivity contribution in [2.45, 2.75) is 37.1 Å². The number of ether oxygens (including phenoxy) is 1. The Labute approximate surface area is 169 Å². The predicted molar refractivity (Wildman–Crippen MR) is 110 cm³/mol. The molecular formula is C19H32ClN3O3S. The molecular weight excluding hydrogens is 386 g/mol. The highest BCUT2D eigenvalue weighted by Gasteiger charge is 2.33. The van der Waals surface area contributed by atoms with Crippen molar-refractivity contribution in [1.82, 2.24) is 14.5 Å². The third-order valence-electron chi connectivity index (χ3n) is 5.34. The number of nitrogens with one attached hydrogen (secondary N) is 1. The summed E-state index contributed by atoms with van der Waals surface area (Å²) in [6.07, 6.45) is 0.867. The molecule has 1 aromatic rings. The molecule has 8 heteroatoms. The van der Waals surface area contributed by atoms with Crippen LogP contribution < -0.4 is 5.32 Å². The normalized spacial score (nSPS) is 21.6. The van der Waals surface area contributed by atoms with Crippen LogP contribution in [0.15, 0.2) is 29.2 Å². The average Bonchev–Trinajstić information content (AvgIpc) is 3.17. The van der Waals surface area contributed by atoms with Crippen LogP contribution in [0, 0.1) is 0 Å². The molecule has 0 radical (unpaired) electrons. The highest BCUT2D eigenvalue weighted by atomic mass is 35.5. The third-order valence-corrected chi connectivity index (χ3v) is 7.30. The number of benzene rings is 1. The lowest BCUT2D eigenvalue weighted by Crippen LogP contribution is -2.47. The molecule has 2 aliphatic heterocycles. The average molecular weight is 418 g/mol. The van der Waals surface area contributed by atoms with E-state index in [0.717, 1.165) is 57.9 Å². The Morgan fingerprint density at radius 3 is 2.44 bits per heavy atom. The zero-order chi connectivity index (χ0) is 18.6. The van der Waals surface area contributed by atoms with Gasteiger partial charge in [0, 0.05) is 38.8 Å². The largest absolute Gasteiger partial charge is 0.379 e. The van der Waals surface area contributed by atoms with E-state index in [2.05, 4.69) is 24.1 Å². The minimum Gasteiger partial charge on any atom is -0.379 e. The molecule has 1 aromatic carbocycles. The first-order valence-electron chi connectivity index (χ1n) is 9.61. The van der Waals surface area contributed by atoms with Gasteiger partial charge in [0.1, 0.15) is 0 Å². The maximum Gasteiger partial charge on any atom is 0.243 e. The summed E-state index contributed by atoms with van der Waals surface area (Å²) in [4.78, 5) is 2.69. The number of rotatable bonds is 7. The minimum atomic E-state index is -3.49. The number of sulfonamides is 1. The van der Waals surface area contributed by atoms with E-state index < -0.39 is 10.0 Å². The minimum absolute atomic E-state index is 0. The van der Waals surface area contributed by atoms with Crippen LogP contribution in [0.4, 0.5) is 0 Å². The maximum absolute atomic E-state index is 13.3. The smallest absolute Gasteiger partial charge is 0.243 e. The quantitative estimate of drug-likeness (QED) is 0.734. The second kappa shape index (κ2) is 10.2. The predicted octanol–water partition coefficient (Wildman–Crippen LogP) is 1.92. The van der Waals surface area contributed by atoms with Crippen molar-refractivity contribution in [3.8, 4) is 0 Å². The highest BCUT2D eigenvalue weighted by molar-refractivity contribution is 7.89. The topological polar surface area (TPSA) is 61.9 Å². The summed E-state index contributed by atoms with van der Waals surface area (Å²) in [6.45, 7) is 10.3. The van der Waals surface area contributed by atoms with Crippen LogP contribution in [0.2, 0.25) is 0 Å². The molecule has 6 nitrogen and oxygen atoms in total. The van der Waals surface area contributed by atoms with Crippen molar-refractivity contribution < 1.29 is 13.2 Å². The number of halogens is 1. The molecule has 2 saturated heterocycles. The molecule has 2 fully saturated rings. The van der Waals surface area contributed by atoms with Gasteiger partial charge in [0.2, 0.25) is 10.0 Å². The van der Waals surface area contributed by atoms with Crippen LogP contribution in [0.1, 0.15) is 31.7 Å². The van der Waals surface area contributed by atoms with E-state index in [9.17, 15) is 8.42 Å². The van der Waals surface area contributed by atoms with Crippen LogP contribution >= 0.6 is 12.4 Å². The van der Waals surface area contributed by atoms with Gasteiger partial charge >= 0.3 is 0 Å². The summed E-state index contributed by atoms with van der Waals surface area (Å²) in [5, 5.41) is 3.30. The Balaban J connectivity index is 0.00000261. The van der Waals surface area contributed by atoms with Crippen molar-refractivity contribution in [3.05, 3.63) is 29.8 Å². The molecule has 27 heavy (non-hydrogen) atoms. The van der Waals surface area contributed by atoms with Gasteiger partial charge in [-0.3, -0.25) is 4.90 Å². The lowest BCUT2D eigenvalue weighted by Gasteiger charge is -2.32. The van der Waals surface area contributed by atoms with Gasteiger partial charge in [-0.25, -0.2) is 8.42 Å². The van der Waals surface area contributed by atoms with Gasteiger partial charge in [-0.15, -0.1) is 12.4 Å². The maximum atomic E-state index is 13.3. The molecule has 0 amide bonds. The standard InChI is InChI=1S/C19H31N3O3S.ClH/c1-16(2)17-3-5-19(6-4-17)26(23,24)22(18-7-8-20-15-18)10-9-21-11-13-25-14-12-21;/h3-6,16,18,20H,7-15H2,1-2H3;1H. The fraction of sp³-hybridized carbons (Fsp3) is 0.684. The van der Waals surface area contributed by atoms with Crippen molar-refractivity contribution in [1.29, 1.82) is 0 Å². The first kappa shape index (κ1) is 22.6. The van der Waals surface area contributed by atoms with E-state index >= 15 is 0 Å². The number of nitrogens with zero attached hydrogens (tertiary/aromatic N) is 2. The van der Waals surface area contributed by atoms with Crippen molar-refractivity contribution in [2.24, 2.45) is 0 Å². The molecule has 0 aromatic heterocycles. The second-order valence-electron chi connectivity index (χ2n) is 7.44. The number of hydrogen-bond donors (Lipinski definition) is 1. The SMILES string of the molecule is CC(C)c1ccc(S(=O)(=O)N(CCN2CCOCC2)C2CCNC2)cc1.Cl. The van der Waals surface area contributed by atoms with Gasteiger partial charge < -0.3 is 10.1 Å². The van der Waals surface area contributed by atoms with Crippen LogP contribution in [0.25, 0.3) is 0 Å². The molecule has 1 unspecified atom stereocenters. The Hall–Kier alpha value is -0.700. The van der Waals surface area contributed by atoms with Gasteiger partial charge in [-0.1, -0.05) is 26.0 Å². The van der Waals surface area contributed by atoms with E-state index in [-0.39, 0.29) is 18.4 Å². The molecule has 0 bridgehead atoms. The van der Waals surface area contributed by atoms with Crippen LogP contribution in [0.3, 0.4) is 0 Å². The molecule has 2 heterocycles. The van der Waals surface area contributed by atoms with Gasteiger partial charge in [0.25, 0.3) is 0 Å². The van der Waals surface area contributed by atoms with Gasteiger partial charge in [0.15, 0.2) is 0 Å². The Morgan fingerprint density at radius 2 is 1.89 bits per heavy atom. The van der Waals surface area contributed by atoms with Crippen LogP contribution in [-0.4, -0.2) is 76.1 Å². The van der Waals surface area contributed by atoms with Gasteiger partial charge in [0.05, 0.1) is 18.1 Å². The second-order valence-corrected chi connectivity index (χ2v) is 9.33. The Bertz CT molecular complexity index is 670. The van der Waals surface area contributed by atoms with Gasteiger partial charge in [-0.2, -0.15) is 4.31 Å². The van der Waals surface area contributed by atoms with Gasteiger partial charge in [-0.05, 0) is 36.6 Å². The zero-order valence-corrected chi connectivity index (χ0v) is 17.9. The van der Waals surface area contributed by atoms with Crippen molar-refractivity contribution in [2.75, 3.05) is 52.5 Å². The molecule has 1 N–H and O–H groups in total. The lowest BCUT2D eigenvalue weighted by molar-refractivity contribution is 0.0355. The van der Waals surface area contributed by atoms with E-state index in [0.29, 0.717) is 17.4 Å². The first-order chi connectivity index (χ1) is 12.5. The summed E-state index contributed by atoms with van der Waals surface area (Å²) >= 11 is 0. The van der Waals surface area contributed by atoms with E-state index in [1.807, 2.05) is 12.1 Å². The summed E-state index contributed by atoms with van der Waals surface area (Å²) in [7, 11) is -3.49. The Kier molecular flexibility index (Phi) is 8.52. The molecule has 2 aliphatic rings. The zero-order valence-electron chi connectivity index (χ0n) is 16.3. The Morgan fingerprint density at radius 1 is 1.22 bits per heavy atom. The fourth-order valence-corrected chi connectivity index (χ4v) is 5.25. The van der Waals surface area contributed by atoms with Crippen molar-refractivity contribution in [3.63, 3.8) is 0 Å². The lowest BCUT2D eigenvalue weighted by atomic mass is 10.0. The number of morpholine rings is 1. The van der Waals surface area contributed by atoms with Crippen LogP contribution in [-0.2, 0) is 14.8 Å². The first-order valence-corrected chi connectivity index (χ1v) is 11.0. The summed E-state index contributed by atoms with van der Waals surface area (Å²) < 4.78 is 33.8. The third kappa shape index (κ3) is 5.65. The van der Waals surface area contributed by atoms with Crippen LogP contribution in [0.5, 0.6) is 0 Å². The highest BCUT2D eigenvalue weighted by Crippen LogP contribution is 2.23. The van der Waals surface area contributed by atoms with E-state index in [4.69, 9.17) is 4.74 Å². The van der Waals surface area contributed by atoms with E-state index in [1.165, 1.54) is 0 Å². The molecule has 154 valence electrons. The molecule has 0 aliphatic carbocycles. The summed E-state index contributed by atoms with van der Waals surface area (Å²) in [5.74, 6) is 0.392. The van der Waals surface area contributed by atoms with Crippen molar-refractivity contribution >= 4 is 22.4 Å². The summed E-state index contributed by atoms with van der Waals surface area (Å²) in [5.41, 5.74) is 1.16. The monoisotopic (exact) mass is 417 g/mol. The van der Waals surface area contributed by atoms with E-state index in [1.54, 1.807) is 16.4 Å². The molecule has 3 rings (SSSR count). The fourth-order valence-electron chi connectivity index (χ4n) is 3.61. The molecule has 1 atom stereocenters. The number of hydrogen-bond acceptors (Lipinski definition) is 5.